The minimum absolute atomic E-state index is 0. The summed E-state index contributed by atoms with van der Waals surface area (Å²) in [4.78, 5) is 4.26. The molecular weight excluding hydrogens is 401 g/mol. The molecule has 7 nitrogen and oxygen atoms in total. The third-order valence-electron chi connectivity index (χ3n) is 3.02. The summed E-state index contributed by atoms with van der Waals surface area (Å²) in [5.74, 6) is 1.65. The highest BCUT2D eigenvalue weighted by Crippen LogP contribution is 2.28. The van der Waals surface area contributed by atoms with Crippen LogP contribution in [0.4, 0.5) is 5.69 Å². The van der Waals surface area contributed by atoms with Crippen molar-refractivity contribution in [1.82, 2.24) is 0 Å². The Morgan fingerprint density at radius 2 is 2.18 bits per heavy atom. The lowest BCUT2D eigenvalue weighted by atomic mass is 10.2. The Hall–Kier alpha value is -1.26. The molecule has 1 unspecified atom stereocenters. The van der Waals surface area contributed by atoms with Crippen molar-refractivity contribution in [3.8, 4) is 11.5 Å². The van der Waals surface area contributed by atoms with Gasteiger partial charge < -0.3 is 30.0 Å². The van der Waals surface area contributed by atoms with Crippen LogP contribution in [0.25, 0.3) is 0 Å². The highest BCUT2D eigenvalue weighted by molar-refractivity contribution is 14.0. The van der Waals surface area contributed by atoms with Crippen LogP contribution in [0, 0.1) is 0 Å². The summed E-state index contributed by atoms with van der Waals surface area (Å²) in [6.45, 7) is 2.22. The largest absolute Gasteiger partial charge is 0.497 e. The Balaban J connectivity index is 0.00000242. The number of rotatable bonds is 5. The van der Waals surface area contributed by atoms with Gasteiger partial charge in [0.2, 0.25) is 0 Å². The molecule has 1 heterocycles. The van der Waals surface area contributed by atoms with E-state index in [-0.39, 0.29) is 36.0 Å². The Morgan fingerprint density at radius 3 is 2.82 bits per heavy atom. The molecule has 1 saturated heterocycles. The highest BCUT2D eigenvalue weighted by Gasteiger charge is 2.13. The van der Waals surface area contributed by atoms with Gasteiger partial charge in [0.15, 0.2) is 5.96 Å². The van der Waals surface area contributed by atoms with E-state index in [2.05, 4.69) is 10.3 Å². The maximum Gasteiger partial charge on any atom is 0.193 e. The van der Waals surface area contributed by atoms with Crippen molar-refractivity contribution in [2.75, 3.05) is 45.9 Å². The molecule has 1 aliphatic heterocycles. The molecular formula is C14H22IN3O4. The topological polar surface area (TPSA) is 87.3 Å². The van der Waals surface area contributed by atoms with Gasteiger partial charge in [-0.25, -0.2) is 0 Å². The first-order valence-corrected chi connectivity index (χ1v) is 6.71. The number of guanidine groups is 1. The van der Waals surface area contributed by atoms with E-state index < -0.39 is 0 Å². The average molecular weight is 423 g/mol. The van der Waals surface area contributed by atoms with Crippen LogP contribution in [0.3, 0.4) is 0 Å². The van der Waals surface area contributed by atoms with Crippen LogP contribution in [0.15, 0.2) is 23.2 Å². The molecule has 1 aliphatic rings. The van der Waals surface area contributed by atoms with Crippen LogP contribution in [0.2, 0.25) is 0 Å². The summed E-state index contributed by atoms with van der Waals surface area (Å²) in [7, 11) is 3.19. The SMILES string of the molecule is COc1ccc(OC)c(NC(N)=NCC2COCCO2)c1.I. The van der Waals surface area contributed by atoms with Gasteiger partial charge >= 0.3 is 0 Å². The van der Waals surface area contributed by atoms with Gasteiger partial charge in [0.05, 0.1) is 46.3 Å². The lowest BCUT2D eigenvalue weighted by Crippen LogP contribution is -2.32. The van der Waals surface area contributed by atoms with Crippen molar-refractivity contribution >= 4 is 35.6 Å². The van der Waals surface area contributed by atoms with Crippen LogP contribution in [0.5, 0.6) is 11.5 Å². The number of hydrogen-bond acceptors (Lipinski definition) is 5. The van der Waals surface area contributed by atoms with Crippen LogP contribution >= 0.6 is 24.0 Å². The molecule has 124 valence electrons. The lowest BCUT2D eigenvalue weighted by molar-refractivity contribution is -0.0832. The third-order valence-corrected chi connectivity index (χ3v) is 3.02. The van der Waals surface area contributed by atoms with Gasteiger partial charge in [-0.1, -0.05) is 0 Å². The first-order chi connectivity index (χ1) is 10.2. The number of ether oxygens (including phenoxy) is 4. The van der Waals surface area contributed by atoms with Gasteiger partial charge in [-0.05, 0) is 12.1 Å². The van der Waals surface area contributed by atoms with E-state index >= 15 is 0 Å². The maximum absolute atomic E-state index is 5.88. The van der Waals surface area contributed by atoms with Gasteiger partial charge in [0.25, 0.3) is 0 Å². The van der Waals surface area contributed by atoms with E-state index in [1.165, 1.54) is 0 Å². The number of methoxy groups -OCH3 is 2. The number of nitrogens with zero attached hydrogens (tertiary/aromatic N) is 1. The summed E-state index contributed by atoms with van der Waals surface area (Å²) >= 11 is 0. The summed E-state index contributed by atoms with van der Waals surface area (Å²) in [5, 5.41) is 3.00. The van der Waals surface area contributed by atoms with Gasteiger partial charge in [0, 0.05) is 6.07 Å². The molecule has 0 spiro atoms. The van der Waals surface area contributed by atoms with Crippen LogP contribution in [0.1, 0.15) is 0 Å². The first-order valence-electron chi connectivity index (χ1n) is 6.71. The van der Waals surface area contributed by atoms with Crippen molar-refractivity contribution in [3.63, 3.8) is 0 Å². The minimum Gasteiger partial charge on any atom is -0.497 e. The van der Waals surface area contributed by atoms with Crippen LogP contribution in [-0.4, -0.2) is 52.6 Å². The van der Waals surface area contributed by atoms with E-state index in [1.54, 1.807) is 26.4 Å². The van der Waals surface area contributed by atoms with Crippen molar-refractivity contribution in [2.24, 2.45) is 10.7 Å². The van der Waals surface area contributed by atoms with Gasteiger partial charge in [0.1, 0.15) is 17.6 Å². The molecule has 0 saturated carbocycles. The molecule has 1 aromatic carbocycles. The number of hydrogen-bond donors (Lipinski definition) is 2. The Kier molecular flexibility index (Phi) is 8.28. The number of halogens is 1. The fourth-order valence-electron chi connectivity index (χ4n) is 1.93. The molecule has 3 N–H and O–H groups in total. The van der Waals surface area contributed by atoms with Crippen LogP contribution in [-0.2, 0) is 9.47 Å². The maximum atomic E-state index is 5.88. The first kappa shape index (κ1) is 18.8. The van der Waals surface area contributed by atoms with Crippen molar-refractivity contribution in [1.29, 1.82) is 0 Å². The number of benzene rings is 1. The minimum atomic E-state index is -0.0497. The van der Waals surface area contributed by atoms with Crippen molar-refractivity contribution in [3.05, 3.63) is 18.2 Å². The predicted molar refractivity (Wildman–Crippen MR) is 95.6 cm³/mol. The van der Waals surface area contributed by atoms with E-state index in [1.807, 2.05) is 6.07 Å². The molecule has 0 aliphatic carbocycles. The van der Waals surface area contributed by atoms with Gasteiger partial charge in [-0.15, -0.1) is 24.0 Å². The summed E-state index contributed by atoms with van der Waals surface area (Å²) in [6.07, 6.45) is -0.0497. The molecule has 2 rings (SSSR count). The second-order valence-electron chi connectivity index (χ2n) is 4.48. The zero-order valence-corrected chi connectivity index (χ0v) is 15.0. The second kappa shape index (κ2) is 9.70. The van der Waals surface area contributed by atoms with E-state index in [9.17, 15) is 0 Å². The zero-order valence-electron chi connectivity index (χ0n) is 12.7. The normalized spacial score (nSPS) is 18.3. The number of anilines is 1. The molecule has 1 atom stereocenters. The highest BCUT2D eigenvalue weighted by atomic mass is 127. The van der Waals surface area contributed by atoms with E-state index in [0.29, 0.717) is 43.6 Å². The smallest absolute Gasteiger partial charge is 0.193 e. The number of nitrogens with one attached hydrogen (secondary N) is 1. The summed E-state index contributed by atoms with van der Waals surface area (Å²) < 4.78 is 21.3. The van der Waals surface area contributed by atoms with Crippen LogP contribution < -0.4 is 20.5 Å². The van der Waals surface area contributed by atoms with Crippen molar-refractivity contribution < 1.29 is 18.9 Å². The Labute approximate surface area is 147 Å². The third kappa shape index (κ3) is 5.50. The lowest BCUT2D eigenvalue weighted by Gasteiger charge is -2.21. The molecule has 22 heavy (non-hydrogen) atoms. The van der Waals surface area contributed by atoms with Crippen molar-refractivity contribution in [2.45, 2.75) is 6.10 Å². The molecule has 0 radical (unpaired) electrons. The second-order valence-corrected chi connectivity index (χ2v) is 4.48. The molecule has 1 fully saturated rings. The molecule has 0 amide bonds. The zero-order chi connectivity index (χ0) is 15.1. The quantitative estimate of drug-likeness (QED) is 0.424. The molecule has 1 aromatic rings. The predicted octanol–water partition coefficient (Wildman–Crippen LogP) is 1.46. The Morgan fingerprint density at radius 1 is 1.36 bits per heavy atom. The van der Waals surface area contributed by atoms with E-state index in [0.717, 1.165) is 0 Å². The standard InChI is InChI=1S/C14H21N3O4.HI/c1-18-10-3-4-13(19-2)12(7-10)17-14(15)16-8-11-9-20-5-6-21-11;/h3-4,7,11H,5-6,8-9H2,1-2H3,(H3,15,16,17);1H. The number of nitrogens with two attached hydrogens (primary N) is 1. The summed E-state index contributed by atoms with van der Waals surface area (Å²) in [6, 6.07) is 5.40. The monoisotopic (exact) mass is 423 g/mol. The number of aliphatic imine (C=N–C) groups is 1. The average Bonchev–Trinajstić information content (AvgIpc) is 2.54. The molecule has 0 aromatic heterocycles. The molecule has 0 bridgehead atoms. The fraction of sp³-hybridized carbons (Fsp3) is 0.500. The molecule has 8 heteroatoms. The fourth-order valence-corrected chi connectivity index (χ4v) is 1.93. The van der Waals surface area contributed by atoms with E-state index in [4.69, 9.17) is 24.7 Å². The Bertz CT molecular complexity index is 493. The van der Waals surface area contributed by atoms with Gasteiger partial charge in [-0.3, -0.25) is 4.99 Å². The summed E-state index contributed by atoms with van der Waals surface area (Å²) in [5.41, 5.74) is 6.58. The van der Waals surface area contributed by atoms with Gasteiger partial charge in [-0.2, -0.15) is 0 Å².